The van der Waals surface area contributed by atoms with Crippen molar-refractivity contribution in [3.8, 4) is 0 Å². The summed E-state index contributed by atoms with van der Waals surface area (Å²) in [4.78, 5) is 17.8. The fourth-order valence-electron chi connectivity index (χ4n) is 4.67. The maximum atomic E-state index is 11.4. The van der Waals surface area contributed by atoms with E-state index in [1.807, 2.05) is 11.9 Å². The maximum Gasteiger partial charge on any atom is 0.219 e. The molecule has 2 N–H and O–H groups in total. The SMILES string of the molecule is CN=C(NC1CCN(C(C)=O)CC1)NC1C2CCCOC2C1(C)C.I. The minimum atomic E-state index is 0. The molecular weight excluding hydrogens is 431 g/mol. The van der Waals surface area contributed by atoms with Gasteiger partial charge < -0.3 is 20.3 Å². The molecule has 2 aliphatic heterocycles. The lowest BCUT2D eigenvalue weighted by Gasteiger charge is -2.60. The van der Waals surface area contributed by atoms with Crippen molar-refractivity contribution in [1.82, 2.24) is 15.5 Å². The summed E-state index contributed by atoms with van der Waals surface area (Å²) in [6, 6.07) is 0.791. The first-order chi connectivity index (χ1) is 11.4. The lowest BCUT2D eigenvalue weighted by molar-refractivity contribution is -0.188. The van der Waals surface area contributed by atoms with E-state index >= 15 is 0 Å². The van der Waals surface area contributed by atoms with E-state index in [9.17, 15) is 4.79 Å². The van der Waals surface area contributed by atoms with Crippen LogP contribution >= 0.6 is 24.0 Å². The maximum absolute atomic E-state index is 11.4. The van der Waals surface area contributed by atoms with Crippen molar-refractivity contribution in [2.45, 2.75) is 64.6 Å². The largest absolute Gasteiger partial charge is 0.377 e. The molecule has 144 valence electrons. The highest BCUT2D eigenvalue weighted by Crippen LogP contribution is 2.51. The van der Waals surface area contributed by atoms with E-state index in [1.54, 1.807) is 6.92 Å². The Bertz CT molecular complexity index is 503. The zero-order valence-corrected chi connectivity index (χ0v) is 18.2. The Morgan fingerprint density at radius 3 is 2.48 bits per heavy atom. The highest BCUT2D eigenvalue weighted by atomic mass is 127. The van der Waals surface area contributed by atoms with Gasteiger partial charge in [-0.05, 0) is 25.7 Å². The summed E-state index contributed by atoms with van der Waals surface area (Å²) in [5.41, 5.74) is 0.140. The van der Waals surface area contributed by atoms with Gasteiger partial charge in [-0.1, -0.05) is 13.8 Å². The summed E-state index contributed by atoms with van der Waals surface area (Å²) in [5, 5.41) is 7.21. The second kappa shape index (κ2) is 8.41. The van der Waals surface area contributed by atoms with Crippen LogP contribution in [0.3, 0.4) is 0 Å². The predicted octanol–water partition coefficient (Wildman–Crippen LogP) is 1.98. The van der Waals surface area contributed by atoms with Crippen LogP contribution in [0.15, 0.2) is 4.99 Å². The van der Waals surface area contributed by atoms with Crippen molar-refractivity contribution >= 4 is 35.8 Å². The molecule has 1 aliphatic carbocycles. The number of carbonyl (C=O) groups is 1. The van der Waals surface area contributed by atoms with Crippen LogP contribution in [0.4, 0.5) is 0 Å². The van der Waals surface area contributed by atoms with E-state index in [0.717, 1.165) is 44.9 Å². The van der Waals surface area contributed by atoms with Crippen LogP contribution in [-0.2, 0) is 9.53 Å². The van der Waals surface area contributed by atoms with Crippen LogP contribution in [-0.4, -0.2) is 61.7 Å². The molecule has 25 heavy (non-hydrogen) atoms. The van der Waals surface area contributed by atoms with Gasteiger partial charge in [0.25, 0.3) is 0 Å². The molecule has 0 aromatic heterocycles. The average Bonchev–Trinajstić information content (AvgIpc) is 2.58. The fraction of sp³-hybridized carbons (Fsp3) is 0.889. The Kier molecular flexibility index (Phi) is 6.98. The predicted molar refractivity (Wildman–Crippen MR) is 110 cm³/mol. The molecule has 0 aromatic rings. The number of halogens is 1. The summed E-state index contributed by atoms with van der Waals surface area (Å²) in [5.74, 6) is 1.65. The van der Waals surface area contributed by atoms with Crippen molar-refractivity contribution in [3.63, 3.8) is 0 Å². The smallest absolute Gasteiger partial charge is 0.219 e. The van der Waals surface area contributed by atoms with Gasteiger partial charge in [-0.3, -0.25) is 9.79 Å². The summed E-state index contributed by atoms with van der Waals surface area (Å²) >= 11 is 0. The molecule has 0 aromatic carbocycles. The van der Waals surface area contributed by atoms with Gasteiger partial charge >= 0.3 is 0 Å². The van der Waals surface area contributed by atoms with E-state index in [2.05, 4.69) is 29.5 Å². The number of nitrogens with zero attached hydrogens (tertiary/aromatic N) is 2. The minimum Gasteiger partial charge on any atom is -0.377 e. The lowest BCUT2D eigenvalue weighted by atomic mass is 9.55. The fourth-order valence-corrected chi connectivity index (χ4v) is 4.67. The van der Waals surface area contributed by atoms with Crippen LogP contribution in [0.1, 0.15) is 46.5 Å². The first kappa shape index (κ1) is 20.7. The number of amides is 1. The van der Waals surface area contributed by atoms with Gasteiger partial charge in [-0.15, -0.1) is 24.0 Å². The number of likely N-dealkylation sites (tertiary alicyclic amines) is 1. The van der Waals surface area contributed by atoms with E-state index in [-0.39, 0.29) is 35.3 Å². The van der Waals surface area contributed by atoms with Gasteiger partial charge in [0.15, 0.2) is 5.96 Å². The molecule has 3 aliphatic rings. The molecule has 3 rings (SSSR count). The Labute approximate surface area is 168 Å². The van der Waals surface area contributed by atoms with Gasteiger partial charge in [0.05, 0.1) is 6.10 Å². The van der Waals surface area contributed by atoms with Gasteiger partial charge in [0.1, 0.15) is 0 Å². The number of carbonyl (C=O) groups excluding carboxylic acids is 1. The Morgan fingerprint density at radius 1 is 1.20 bits per heavy atom. The second-order valence-electron chi connectivity index (χ2n) is 8.04. The van der Waals surface area contributed by atoms with Crippen molar-refractivity contribution in [2.24, 2.45) is 16.3 Å². The number of guanidine groups is 1. The molecule has 6 nitrogen and oxygen atoms in total. The molecule has 0 spiro atoms. The highest BCUT2D eigenvalue weighted by molar-refractivity contribution is 14.0. The number of fused-ring (bicyclic) bond motifs is 1. The molecule has 2 saturated heterocycles. The van der Waals surface area contributed by atoms with E-state index in [1.165, 1.54) is 6.42 Å². The second-order valence-corrected chi connectivity index (χ2v) is 8.04. The number of aliphatic imine (C=N–C) groups is 1. The first-order valence-electron chi connectivity index (χ1n) is 9.30. The molecule has 3 atom stereocenters. The first-order valence-corrected chi connectivity index (χ1v) is 9.30. The number of hydrogen-bond donors (Lipinski definition) is 2. The van der Waals surface area contributed by atoms with Gasteiger partial charge in [0, 0.05) is 57.1 Å². The van der Waals surface area contributed by atoms with Crippen molar-refractivity contribution in [2.75, 3.05) is 26.7 Å². The number of hydrogen-bond acceptors (Lipinski definition) is 3. The summed E-state index contributed by atoms with van der Waals surface area (Å²) in [6.07, 6.45) is 4.72. The van der Waals surface area contributed by atoms with E-state index in [4.69, 9.17) is 4.74 Å². The van der Waals surface area contributed by atoms with Crippen LogP contribution in [0.2, 0.25) is 0 Å². The zero-order chi connectivity index (χ0) is 17.3. The molecule has 1 saturated carbocycles. The van der Waals surface area contributed by atoms with E-state index < -0.39 is 0 Å². The monoisotopic (exact) mass is 464 g/mol. The third-order valence-corrected chi connectivity index (χ3v) is 6.13. The van der Waals surface area contributed by atoms with Gasteiger partial charge in [-0.2, -0.15) is 0 Å². The average molecular weight is 464 g/mol. The summed E-state index contributed by atoms with van der Waals surface area (Å²) in [7, 11) is 1.83. The Balaban J connectivity index is 0.00000225. The van der Waals surface area contributed by atoms with Crippen LogP contribution in [0.25, 0.3) is 0 Å². The molecule has 1 amide bonds. The molecule has 3 unspecified atom stereocenters. The minimum absolute atomic E-state index is 0. The van der Waals surface area contributed by atoms with Crippen molar-refractivity contribution < 1.29 is 9.53 Å². The van der Waals surface area contributed by atoms with Gasteiger partial charge in [-0.25, -0.2) is 0 Å². The number of rotatable bonds is 2. The van der Waals surface area contributed by atoms with Crippen LogP contribution in [0, 0.1) is 11.3 Å². The molecule has 2 heterocycles. The highest BCUT2D eigenvalue weighted by Gasteiger charge is 2.58. The standard InChI is InChI=1S/C18H32N4O2.HI/c1-12(23)22-9-7-13(8-10-22)20-17(19-4)21-15-14-6-5-11-24-16(14)18(15,2)3;/h13-16H,5-11H2,1-4H3,(H2,19,20,21);1H. The lowest BCUT2D eigenvalue weighted by Crippen LogP contribution is -2.71. The molecule has 7 heteroatoms. The van der Waals surface area contributed by atoms with Crippen molar-refractivity contribution in [1.29, 1.82) is 0 Å². The molecule has 0 radical (unpaired) electrons. The topological polar surface area (TPSA) is 66.0 Å². The number of ether oxygens (including phenoxy) is 1. The molecule has 0 bridgehead atoms. The van der Waals surface area contributed by atoms with E-state index in [0.29, 0.717) is 24.1 Å². The van der Waals surface area contributed by atoms with Gasteiger partial charge in [0.2, 0.25) is 5.91 Å². The van der Waals surface area contributed by atoms with Crippen LogP contribution < -0.4 is 10.6 Å². The number of piperidine rings is 1. The van der Waals surface area contributed by atoms with Crippen LogP contribution in [0.5, 0.6) is 0 Å². The number of nitrogens with one attached hydrogen (secondary N) is 2. The molecular formula is C18H33IN4O2. The summed E-state index contributed by atoms with van der Waals surface area (Å²) < 4.78 is 5.98. The zero-order valence-electron chi connectivity index (χ0n) is 15.9. The third kappa shape index (κ3) is 4.23. The molecule has 3 fully saturated rings. The summed E-state index contributed by atoms with van der Waals surface area (Å²) in [6.45, 7) is 8.79. The van der Waals surface area contributed by atoms with Crippen molar-refractivity contribution in [3.05, 3.63) is 0 Å². The quantitative estimate of drug-likeness (QED) is 0.373. The Hall–Kier alpha value is -0.570. The normalized spacial score (nSPS) is 32.1. The Morgan fingerprint density at radius 2 is 1.88 bits per heavy atom. The third-order valence-electron chi connectivity index (χ3n) is 6.13.